The number of nitrogens with one attached hydrogen (secondary N) is 1. The first kappa shape index (κ1) is 16.3. The van der Waals surface area contributed by atoms with Crippen molar-refractivity contribution in [1.82, 2.24) is 5.32 Å². The first-order chi connectivity index (χ1) is 11.8. The minimum absolute atomic E-state index is 0.00226. The van der Waals surface area contributed by atoms with Gasteiger partial charge in [0.05, 0.1) is 25.8 Å². The molecule has 0 aromatic heterocycles. The molecule has 0 aliphatic carbocycles. The second kappa shape index (κ2) is 7.84. The maximum atomic E-state index is 12.5. The molecule has 126 valence electrons. The summed E-state index contributed by atoms with van der Waals surface area (Å²) in [6.45, 7) is 1.23. The monoisotopic (exact) mass is 326 g/mol. The van der Waals surface area contributed by atoms with E-state index in [2.05, 4.69) is 5.32 Å². The zero-order chi connectivity index (χ0) is 16.8. The van der Waals surface area contributed by atoms with Crippen molar-refractivity contribution in [1.29, 1.82) is 0 Å². The maximum Gasteiger partial charge on any atom is 0.240 e. The number of nitrogens with zero attached hydrogens (tertiary/aromatic N) is 1. The van der Waals surface area contributed by atoms with Gasteiger partial charge in [0.25, 0.3) is 0 Å². The Kier molecular flexibility index (Phi) is 5.33. The molecule has 0 bridgehead atoms. The van der Waals surface area contributed by atoms with E-state index in [1.54, 1.807) is 0 Å². The van der Waals surface area contributed by atoms with Crippen LogP contribution >= 0.6 is 0 Å². The lowest BCUT2D eigenvalue weighted by molar-refractivity contribution is -0.120. The predicted octanol–water partition coefficient (Wildman–Crippen LogP) is 2.13. The lowest BCUT2D eigenvalue weighted by atomic mass is 10.0. The molecule has 1 heterocycles. The topological polar surface area (TPSA) is 61.8 Å². The van der Waals surface area contributed by atoms with Crippen LogP contribution in [0.25, 0.3) is 0 Å². The summed E-state index contributed by atoms with van der Waals surface area (Å²) in [5.41, 5.74) is 1.94. The zero-order valence-electron chi connectivity index (χ0n) is 13.5. The van der Waals surface area contributed by atoms with Crippen molar-refractivity contribution in [2.45, 2.75) is 12.5 Å². The van der Waals surface area contributed by atoms with Crippen molar-refractivity contribution in [3.63, 3.8) is 0 Å². The molecule has 1 unspecified atom stereocenters. The molecular formula is C19H22N2O3. The fraction of sp³-hybridized carbons (Fsp3) is 0.316. The van der Waals surface area contributed by atoms with Crippen LogP contribution in [0.15, 0.2) is 54.6 Å². The molecule has 0 spiro atoms. The van der Waals surface area contributed by atoms with Crippen LogP contribution in [0.5, 0.6) is 5.75 Å². The molecule has 5 nitrogen and oxygen atoms in total. The summed E-state index contributed by atoms with van der Waals surface area (Å²) in [6.07, 6.45) is 0.758. The van der Waals surface area contributed by atoms with E-state index >= 15 is 0 Å². The van der Waals surface area contributed by atoms with Crippen molar-refractivity contribution in [3.8, 4) is 5.75 Å². The van der Waals surface area contributed by atoms with Gasteiger partial charge in [-0.2, -0.15) is 0 Å². The normalized spacial score (nSPS) is 16.0. The summed E-state index contributed by atoms with van der Waals surface area (Å²) < 4.78 is 5.63. The van der Waals surface area contributed by atoms with Gasteiger partial charge >= 0.3 is 0 Å². The van der Waals surface area contributed by atoms with Crippen LogP contribution in [0.1, 0.15) is 18.0 Å². The Morgan fingerprint density at radius 1 is 1.17 bits per heavy atom. The van der Waals surface area contributed by atoms with Gasteiger partial charge in [-0.25, -0.2) is 0 Å². The Morgan fingerprint density at radius 3 is 2.71 bits per heavy atom. The number of hydrogen-bond donors (Lipinski definition) is 2. The maximum absolute atomic E-state index is 12.5. The molecule has 2 aromatic carbocycles. The lowest BCUT2D eigenvalue weighted by Gasteiger charge is -2.28. The molecule has 5 heteroatoms. The number of aliphatic hydroxyl groups is 1. The second-order valence-electron chi connectivity index (χ2n) is 5.78. The van der Waals surface area contributed by atoms with E-state index in [9.17, 15) is 9.90 Å². The molecule has 2 N–H and O–H groups in total. The molecule has 2 aromatic rings. The number of rotatable bonds is 6. The van der Waals surface area contributed by atoms with Crippen molar-refractivity contribution in [3.05, 3.63) is 60.2 Å². The number of aliphatic hydroxyl groups excluding tert-OH is 1. The number of carbonyl (C=O) groups is 1. The molecule has 1 aliphatic rings. The van der Waals surface area contributed by atoms with Crippen LogP contribution in [0.2, 0.25) is 0 Å². The number of fused-ring (bicyclic) bond motifs is 1. The average molecular weight is 326 g/mol. The highest BCUT2D eigenvalue weighted by Crippen LogP contribution is 2.31. The van der Waals surface area contributed by atoms with Gasteiger partial charge in [-0.05, 0) is 18.2 Å². The Bertz CT molecular complexity index is 675. The third-order valence-corrected chi connectivity index (χ3v) is 4.12. The van der Waals surface area contributed by atoms with E-state index in [0.29, 0.717) is 13.2 Å². The molecule has 0 fully saturated rings. The number of amides is 1. The fourth-order valence-corrected chi connectivity index (χ4v) is 2.96. The average Bonchev–Trinajstić information content (AvgIpc) is 2.62. The lowest BCUT2D eigenvalue weighted by Crippen LogP contribution is -2.41. The quantitative estimate of drug-likeness (QED) is 0.854. The number of hydrogen-bond acceptors (Lipinski definition) is 4. The van der Waals surface area contributed by atoms with Gasteiger partial charge in [-0.1, -0.05) is 36.4 Å². The summed E-state index contributed by atoms with van der Waals surface area (Å²) in [5.74, 6) is 0.776. The Balaban J connectivity index is 1.67. The summed E-state index contributed by atoms with van der Waals surface area (Å²) in [7, 11) is 0. The summed E-state index contributed by atoms with van der Waals surface area (Å²) in [6, 6.07) is 17.4. The van der Waals surface area contributed by atoms with Crippen molar-refractivity contribution in [2.75, 3.05) is 31.2 Å². The Morgan fingerprint density at radius 2 is 1.92 bits per heavy atom. The van der Waals surface area contributed by atoms with Gasteiger partial charge in [0, 0.05) is 24.2 Å². The number of anilines is 1. The van der Waals surface area contributed by atoms with E-state index in [-0.39, 0.29) is 25.1 Å². The summed E-state index contributed by atoms with van der Waals surface area (Å²) in [5, 5.41) is 12.4. The van der Waals surface area contributed by atoms with Crippen molar-refractivity contribution in [2.24, 2.45) is 0 Å². The second-order valence-corrected chi connectivity index (χ2v) is 5.78. The minimum atomic E-state index is -0.0611. The molecule has 3 rings (SSSR count). The SMILES string of the molecule is O=C(CN(CCO)c1ccccc1)NC1CCOc2ccccc21. The highest BCUT2D eigenvalue weighted by Gasteiger charge is 2.23. The smallest absolute Gasteiger partial charge is 0.240 e. The first-order valence-corrected chi connectivity index (χ1v) is 8.20. The standard InChI is InChI=1S/C19H22N2O3/c22-12-11-21(15-6-2-1-3-7-15)14-19(23)20-17-10-13-24-18-9-5-4-8-16(17)18/h1-9,17,22H,10-14H2,(H,20,23). The molecule has 0 radical (unpaired) electrons. The van der Waals surface area contributed by atoms with Crippen LogP contribution in [0.3, 0.4) is 0 Å². The first-order valence-electron chi connectivity index (χ1n) is 8.20. The van der Waals surface area contributed by atoms with Crippen molar-refractivity contribution >= 4 is 11.6 Å². The van der Waals surface area contributed by atoms with E-state index in [1.807, 2.05) is 59.5 Å². The largest absolute Gasteiger partial charge is 0.493 e. The van der Waals surface area contributed by atoms with E-state index in [0.717, 1.165) is 23.4 Å². The third-order valence-electron chi connectivity index (χ3n) is 4.12. The molecular weight excluding hydrogens is 304 g/mol. The van der Waals surface area contributed by atoms with Crippen LogP contribution < -0.4 is 15.0 Å². The van der Waals surface area contributed by atoms with Gasteiger partial charge in [0.1, 0.15) is 5.75 Å². The van der Waals surface area contributed by atoms with Crippen LogP contribution in [-0.2, 0) is 4.79 Å². The fourth-order valence-electron chi connectivity index (χ4n) is 2.96. The molecule has 1 atom stereocenters. The zero-order valence-corrected chi connectivity index (χ0v) is 13.5. The van der Waals surface area contributed by atoms with Gasteiger partial charge in [-0.3, -0.25) is 4.79 Å². The summed E-state index contributed by atoms with van der Waals surface area (Å²) >= 11 is 0. The molecule has 24 heavy (non-hydrogen) atoms. The number of benzene rings is 2. The van der Waals surface area contributed by atoms with E-state index in [1.165, 1.54) is 0 Å². The van der Waals surface area contributed by atoms with Gasteiger partial charge in [0.15, 0.2) is 0 Å². The summed E-state index contributed by atoms with van der Waals surface area (Å²) in [4.78, 5) is 14.4. The van der Waals surface area contributed by atoms with Gasteiger partial charge in [0.2, 0.25) is 5.91 Å². The Labute approximate surface area is 141 Å². The Hall–Kier alpha value is -2.53. The highest BCUT2D eigenvalue weighted by molar-refractivity contribution is 5.82. The van der Waals surface area contributed by atoms with Crippen molar-refractivity contribution < 1.29 is 14.6 Å². The molecule has 0 saturated heterocycles. The van der Waals surface area contributed by atoms with Gasteiger partial charge < -0.3 is 20.1 Å². The van der Waals surface area contributed by atoms with E-state index < -0.39 is 0 Å². The molecule has 1 aliphatic heterocycles. The molecule has 1 amide bonds. The van der Waals surface area contributed by atoms with Crippen LogP contribution in [-0.4, -0.2) is 37.3 Å². The van der Waals surface area contributed by atoms with Crippen LogP contribution in [0.4, 0.5) is 5.69 Å². The predicted molar refractivity (Wildman–Crippen MR) is 93.2 cm³/mol. The highest BCUT2D eigenvalue weighted by atomic mass is 16.5. The number of carbonyl (C=O) groups excluding carboxylic acids is 1. The molecule has 0 saturated carbocycles. The minimum Gasteiger partial charge on any atom is -0.493 e. The third kappa shape index (κ3) is 3.86. The van der Waals surface area contributed by atoms with Crippen LogP contribution in [0, 0.1) is 0 Å². The number of ether oxygens (including phenoxy) is 1. The number of para-hydroxylation sites is 2. The van der Waals surface area contributed by atoms with E-state index in [4.69, 9.17) is 4.74 Å². The van der Waals surface area contributed by atoms with Gasteiger partial charge in [-0.15, -0.1) is 0 Å².